The molecule has 4 rings (SSSR count). The molecule has 0 saturated carbocycles. The average Bonchev–Trinajstić information content (AvgIpc) is 3.17. The summed E-state index contributed by atoms with van der Waals surface area (Å²) in [6.45, 7) is 2.63. The van der Waals surface area contributed by atoms with Crippen LogP contribution in [0.1, 0.15) is 11.1 Å². The number of rotatable bonds is 3. The summed E-state index contributed by atoms with van der Waals surface area (Å²) < 4.78 is 27.3. The van der Waals surface area contributed by atoms with Crippen LogP contribution in [0.4, 0.5) is 0 Å². The number of benzene rings is 2. The van der Waals surface area contributed by atoms with Crippen molar-refractivity contribution in [2.24, 2.45) is 11.1 Å². The van der Waals surface area contributed by atoms with Gasteiger partial charge in [0.25, 0.3) is 0 Å². The fraction of sp³-hybridized carbons (Fsp3) is 0.278. The third-order valence-corrected chi connectivity index (χ3v) is 7.08. The van der Waals surface area contributed by atoms with E-state index in [2.05, 4.69) is 5.16 Å². The summed E-state index contributed by atoms with van der Waals surface area (Å²) in [5, 5.41) is 4.46. The average molecular weight is 377 g/mol. The van der Waals surface area contributed by atoms with Gasteiger partial charge in [-0.2, -0.15) is 4.31 Å². The molecule has 5 nitrogen and oxygen atoms in total. The minimum absolute atomic E-state index is 0.0710. The van der Waals surface area contributed by atoms with E-state index in [9.17, 15) is 8.42 Å². The highest BCUT2D eigenvalue weighted by Gasteiger charge is 2.47. The van der Waals surface area contributed by atoms with Gasteiger partial charge in [-0.05, 0) is 24.6 Å². The zero-order valence-corrected chi connectivity index (χ0v) is 15.2. The van der Waals surface area contributed by atoms with Crippen LogP contribution < -0.4 is 0 Å². The normalized spacial score (nSPS) is 23.2. The molecule has 2 aromatic rings. The Morgan fingerprint density at radius 2 is 1.84 bits per heavy atom. The molecule has 2 heterocycles. The molecule has 1 saturated heterocycles. The van der Waals surface area contributed by atoms with Gasteiger partial charge < -0.3 is 4.84 Å². The van der Waals surface area contributed by atoms with E-state index in [1.165, 1.54) is 10.4 Å². The Morgan fingerprint density at radius 3 is 2.60 bits per heavy atom. The van der Waals surface area contributed by atoms with E-state index in [4.69, 9.17) is 16.4 Å². The van der Waals surface area contributed by atoms with Gasteiger partial charge in [-0.3, -0.25) is 0 Å². The van der Waals surface area contributed by atoms with E-state index in [0.717, 1.165) is 16.8 Å². The lowest BCUT2D eigenvalue weighted by atomic mass is 9.92. The molecule has 0 amide bonds. The SMILES string of the molecule is Cc1ccccc1C1=NOC2CN(S(=O)(=O)c3ccccc3Cl)CC12. The van der Waals surface area contributed by atoms with Crippen LogP contribution in [0.2, 0.25) is 5.02 Å². The minimum atomic E-state index is -3.66. The number of oxime groups is 1. The van der Waals surface area contributed by atoms with Crippen molar-refractivity contribution in [2.45, 2.75) is 17.9 Å². The van der Waals surface area contributed by atoms with Crippen molar-refractivity contribution in [1.29, 1.82) is 0 Å². The summed E-state index contributed by atoms with van der Waals surface area (Å²) in [5.41, 5.74) is 2.92. The Kier molecular flexibility index (Phi) is 4.06. The molecule has 0 aliphatic carbocycles. The topological polar surface area (TPSA) is 59.0 Å². The van der Waals surface area contributed by atoms with Gasteiger partial charge in [0, 0.05) is 12.1 Å². The van der Waals surface area contributed by atoms with Crippen LogP contribution in [0.5, 0.6) is 0 Å². The minimum Gasteiger partial charge on any atom is -0.390 e. The van der Waals surface area contributed by atoms with E-state index in [1.807, 2.05) is 31.2 Å². The van der Waals surface area contributed by atoms with Gasteiger partial charge in [0.15, 0.2) is 6.10 Å². The van der Waals surface area contributed by atoms with Crippen molar-refractivity contribution in [3.63, 3.8) is 0 Å². The Labute approximate surface area is 151 Å². The molecule has 2 aromatic carbocycles. The molecule has 2 aliphatic heterocycles. The van der Waals surface area contributed by atoms with Crippen molar-refractivity contribution in [3.8, 4) is 0 Å². The smallest absolute Gasteiger partial charge is 0.244 e. The first kappa shape index (κ1) is 16.6. The van der Waals surface area contributed by atoms with Crippen LogP contribution in [-0.4, -0.2) is 37.6 Å². The molecule has 0 N–H and O–H groups in total. The maximum atomic E-state index is 12.9. The highest BCUT2D eigenvalue weighted by atomic mass is 35.5. The predicted molar refractivity (Wildman–Crippen MR) is 96.3 cm³/mol. The second kappa shape index (κ2) is 6.12. The molecule has 1 fully saturated rings. The van der Waals surface area contributed by atoms with E-state index < -0.39 is 10.0 Å². The predicted octanol–water partition coefficient (Wildman–Crippen LogP) is 3.07. The zero-order chi connectivity index (χ0) is 17.6. The number of halogens is 1. The van der Waals surface area contributed by atoms with Crippen molar-refractivity contribution < 1.29 is 13.3 Å². The molecule has 2 aliphatic rings. The molecule has 2 unspecified atom stereocenters. The van der Waals surface area contributed by atoms with Crippen molar-refractivity contribution in [1.82, 2.24) is 4.31 Å². The second-order valence-electron chi connectivity index (χ2n) is 6.29. The molecule has 0 radical (unpaired) electrons. The molecule has 7 heteroatoms. The first-order chi connectivity index (χ1) is 12.0. The lowest BCUT2D eigenvalue weighted by molar-refractivity contribution is 0.0803. The Morgan fingerprint density at radius 1 is 1.12 bits per heavy atom. The van der Waals surface area contributed by atoms with Crippen LogP contribution >= 0.6 is 11.6 Å². The summed E-state index contributed by atoms with van der Waals surface area (Å²) in [5.74, 6) is -0.0710. The van der Waals surface area contributed by atoms with Gasteiger partial charge >= 0.3 is 0 Å². The second-order valence-corrected chi connectivity index (χ2v) is 8.61. The monoisotopic (exact) mass is 376 g/mol. The number of fused-ring (bicyclic) bond motifs is 1. The Balaban J connectivity index is 1.63. The van der Waals surface area contributed by atoms with Gasteiger partial charge in [0.05, 0.1) is 23.2 Å². The quantitative estimate of drug-likeness (QED) is 0.827. The van der Waals surface area contributed by atoms with Crippen LogP contribution in [0.3, 0.4) is 0 Å². The summed E-state index contributed by atoms with van der Waals surface area (Å²) in [7, 11) is -3.66. The highest BCUT2D eigenvalue weighted by Crippen LogP contribution is 2.35. The molecule has 2 atom stereocenters. The molecule has 130 valence electrons. The summed E-state index contributed by atoms with van der Waals surface area (Å²) >= 11 is 6.09. The van der Waals surface area contributed by atoms with E-state index in [-0.39, 0.29) is 28.5 Å². The van der Waals surface area contributed by atoms with E-state index in [0.29, 0.717) is 6.54 Å². The summed E-state index contributed by atoms with van der Waals surface area (Å²) in [6.07, 6.45) is -0.258. The number of hydrogen-bond acceptors (Lipinski definition) is 4. The fourth-order valence-corrected chi connectivity index (χ4v) is 5.37. The van der Waals surface area contributed by atoms with Gasteiger partial charge in [-0.1, -0.05) is 53.2 Å². The first-order valence-corrected chi connectivity index (χ1v) is 9.84. The standard InChI is InChI=1S/C18H17ClN2O3S/c1-12-6-2-3-7-13(12)18-14-10-21(11-16(14)24-20-18)25(22,23)17-9-5-4-8-15(17)19/h2-9,14,16H,10-11H2,1H3. The van der Waals surface area contributed by atoms with Crippen molar-refractivity contribution in [3.05, 3.63) is 64.7 Å². The Hall–Kier alpha value is -1.89. The molecule has 25 heavy (non-hydrogen) atoms. The fourth-order valence-electron chi connectivity index (χ4n) is 3.40. The van der Waals surface area contributed by atoms with E-state index in [1.54, 1.807) is 18.2 Å². The highest BCUT2D eigenvalue weighted by molar-refractivity contribution is 7.89. The zero-order valence-electron chi connectivity index (χ0n) is 13.6. The maximum absolute atomic E-state index is 12.9. The number of nitrogens with zero attached hydrogens (tertiary/aromatic N) is 2. The van der Waals surface area contributed by atoms with Gasteiger partial charge in [-0.25, -0.2) is 8.42 Å². The number of hydrogen-bond donors (Lipinski definition) is 0. The third kappa shape index (κ3) is 2.74. The molecular weight excluding hydrogens is 360 g/mol. The van der Waals surface area contributed by atoms with Gasteiger partial charge in [0.1, 0.15) is 4.90 Å². The van der Waals surface area contributed by atoms with Crippen LogP contribution in [0.15, 0.2) is 58.6 Å². The lowest BCUT2D eigenvalue weighted by Gasteiger charge is -2.17. The number of aryl methyl sites for hydroxylation is 1. The molecule has 0 spiro atoms. The summed E-state index contributed by atoms with van der Waals surface area (Å²) in [4.78, 5) is 5.67. The summed E-state index contributed by atoms with van der Waals surface area (Å²) in [6, 6.07) is 14.4. The van der Waals surface area contributed by atoms with Crippen molar-refractivity contribution in [2.75, 3.05) is 13.1 Å². The molecule has 0 bridgehead atoms. The molecular formula is C18H17ClN2O3S. The van der Waals surface area contributed by atoms with Crippen molar-refractivity contribution >= 4 is 27.3 Å². The Bertz CT molecular complexity index is 958. The van der Waals surface area contributed by atoms with E-state index >= 15 is 0 Å². The lowest BCUT2D eigenvalue weighted by Crippen LogP contribution is -2.31. The van der Waals surface area contributed by atoms with Crippen LogP contribution in [0.25, 0.3) is 0 Å². The van der Waals surface area contributed by atoms with Gasteiger partial charge in [0.2, 0.25) is 10.0 Å². The van der Waals surface area contributed by atoms with Crippen LogP contribution in [0, 0.1) is 12.8 Å². The third-order valence-electron chi connectivity index (χ3n) is 4.75. The maximum Gasteiger partial charge on any atom is 0.244 e. The molecule has 0 aromatic heterocycles. The number of sulfonamides is 1. The van der Waals surface area contributed by atoms with Crippen LogP contribution in [-0.2, 0) is 14.9 Å². The van der Waals surface area contributed by atoms with Gasteiger partial charge in [-0.15, -0.1) is 0 Å². The largest absolute Gasteiger partial charge is 0.390 e. The first-order valence-electron chi connectivity index (χ1n) is 8.03.